The van der Waals surface area contributed by atoms with Gasteiger partial charge in [-0.05, 0) is 5.56 Å². The Balaban J connectivity index is 3.05. The number of benzene rings is 1. The van der Waals surface area contributed by atoms with Gasteiger partial charge in [-0.15, -0.1) is 0 Å². The molecule has 12 heavy (non-hydrogen) atoms. The summed E-state index contributed by atoms with van der Waals surface area (Å²) in [6.07, 6.45) is 0.0324. The first-order valence-electron chi connectivity index (χ1n) is 3.33. The van der Waals surface area contributed by atoms with E-state index in [2.05, 4.69) is 0 Å². The van der Waals surface area contributed by atoms with Gasteiger partial charge < -0.3 is 9.90 Å². The molecule has 0 saturated carbocycles. The van der Waals surface area contributed by atoms with Gasteiger partial charge in [0, 0.05) is 5.57 Å². The summed E-state index contributed by atoms with van der Waals surface area (Å²) in [5, 5.41) is 10.3. The number of aliphatic carboxylic acids is 1. The number of hydrogen-bond acceptors (Lipinski definition) is 2. The second-order valence-electron chi connectivity index (χ2n) is 2.18. The zero-order valence-corrected chi connectivity index (χ0v) is 6.16. The molecule has 0 bridgehead atoms. The van der Waals surface area contributed by atoms with Crippen LogP contribution < -0.4 is 5.11 Å². The maximum atomic E-state index is 12.0. The lowest BCUT2D eigenvalue weighted by Gasteiger charge is -2.05. The van der Waals surface area contributed by atoms with E-state index in [1.807, 2.05) is 0 Å². The van der Waals surface area contributed by atoms with Gasteiger partial charge in [-0.25, -0.2) is 4.39 Å². The summed E-state index contributed by atoms with van der Waals surface area (Å²) >= 11 is 0. The van der Waals surface area contributed by atoms with E-state index in [4.69, 9.17) is 0 Å². The molecule has 0 saturated heterocycles. The van der Waals surface area contributed by atoms with Crippen LogP contribution in [0.2, 0.25) is 0 Å². The Labute approximate surface area is 69.0 Å². The Morgan fingerprint density at radius 3 is 2.33 bits per heavy atom. The minimum absolute atomic E-state index is 0.0324. The van der Waals surface area contributed by atoms with Crippen LogP contribution >= 0.6 is 0 Å². The van der Waals surface area contributed by atoms with Gasteiger partial charge in [0.15, 0.2) is 0 Å². The van der Waals surface area contributed by atoms with Gasteiger partial charge in [0.1, 0.15) is 0 Å². The minimum Gasteiger partial charge on any atom is -0.545 e. The molecule has 1 aromatic carbocycles. The number of rotatable bonds is 2. The Morgan fingerprint density at radius 1 is 1.33 bits per heavy atom. The number of carboxylic acids is 1. The molecule has 2 nitrogen and oxygen atoms in total. The molecule has 0 aliphatic rings. The van der Waals surface area contributed by atoms with Gasteiger partial charge in [-0.3, -0.25) is 0 Å². The maximum absolute atomic E-state index is 12.0. The van der Waals surface area contributed by atoms with Gasteiger partial charge in [-0.2, -0.15) is 0 Å². The van der Waals surface area contributed by atoms with Crippen molar-refractivity contribution >= 4 is 11.5 Å². The summed E-state index contributed by atoms with van der Waals surface area (Å²) in [5.41, 5.74) is -0.129. The molecule has 0 atom stereocenters. The van der Waals surface area contributed by atoms with Gasteiger partial charge in [0.05, 0.1) is 12.3 Å². The Morgan fingerprint density at radius 2 is 1.92 bits per heavy atom. The largest absolute Gasteiger partial charge is 0.545 e. The predicted molar refractivity (Wildman–Crippen MR) is 40.5 cm³/mol. The van der Waals surface area contributed by atoms with Crippen molar-refractivity contribution in [3.63, 3.8) is 0 Å². The smallest absolute Gasteiger partial charge is 0.0963 e. The highest BCUT2D eigenvalue weighted by Gasteiger charge is 2.00. The molecule has 1 rings (SSSR count). The molecular weight excluding hydrogens is 159 g/mol. The zero-order valence-electron chi connectivity index (χ0n) is 6.16. The summed E-state index contributed by atoms with van der Waals surface area (Å²) in [5.74, 6) is -1.51. The molecule has 0 amide bonds. The monoisotopic (exact) mass is 165 g/mol. The molecular formula is C9H6FO2-. The number of carboxylic acid groups (broad SMARTS) is 1. The van der Waals surface area contributed by atoms with Crippen molar-refractivity contribution in [2.24, 2.45) is 0 Å². The Kier molecular flexibility index (Phi) is 2.58. The molecule has 0 spiro atoms. The van der Waals surface area contributed by atoms with Crippen molar-refractivity contribution in [1.82, 2.24) is 0 Å². The van der Waals surface area contributed by atoms with Crippen LogP contribution in [-0.4, -0.2) is 5.97 Å². The molecule has 0 radical (unpaired) electrons. The summed E-state index contributed by atoms with van der Waals surface area (Å²) in [6.45, 7) is 0. The summed E-state index contributed by atoms with van der Waals surface area (Å²) in [4.78, 5) is 10.3. The molecule has 0 N–H and O–H groups in total. The fourth-order valence-corrected chi connectivity index (χ4v) is 0.843. The van der Waals surface area contributed by atoms with Crippen LogP contribution in [0.4, 0.5) is 4.39 Å². The summed E-state index contributed by atoms with van der Waals surface area (Å²) in [6, 6.07) is 7.97. The first kappa shape index (κ1) is 8.46. The quantitative estimate of drug-likeness (QED) is 0.606. The van der Waals surface area contributed by atoms with E-state index in [9.17, 15) is 14.3 Å². The summed E-state index contributed by atoms with van der Waals surface area (Å²) in [7, 11) is 0. The van der Waals surface area contributed by atoms with E-state index < -0.39 is 11.5 Å². The van der Waals surface area contributed by atoms with Crippen molar-refractivity contribution in [3.05, 3.63) is 42.2 Å². The van der Waals surface area contributed by atoms with E-state index in [0.29, 0.717) is 5.56 Å². The van der Waals surface area contributed by atoms with E-state index in [0.717, 1.165) is 0 Å². The average molecular weight is 165 g/mol. The van der Waals surface area contributed by atoms with Crippen molar-refractivity contribution in [2.75, 3.05) is 0 Å². The van der Waals surface area contributed by atoms with Gasteiger partial charge in [0.2, 0.25) is 0 Å². The highest BCUT2D eigenvalue weighted by Crippen LogP contribution is 2.12. The lowest BCUT2D eigenvalue weighted by Crippen LogP contribution is -2.23. The molecule has 0 fully saturated rings. The third-order valence-electron chi connectivity index (χ3n) is 1.41. The first-order chi connectivity index (χ1) is 5.75. The third-order valence-corrected chi connectivity index (χ3v) is 1.41. The Bertz CT molecular complexity index is 304. The highest BCUT2D eigenvalue weighted by molar-refractivity contribution is 6.13. The van der Waals surface area contributed by atoms with Crippen LogP contribution in [0.25, 0.3) is 5.57 Å². The first-order valence-corrected chi connectivity index (χ1v) is 3.33. The molecule has 1 aromatic rings. The number of carbonyl (C=O) groups excluding carboxylic acids is 1. The lowest BCUT2D eigenvalue weighted by molar-refractivity contribution is -0.295. The van der Waals surface area contributed by atoms with Crippen molar-refractivity contribution in [2.45, 2.75) is 0 Å². The van der Waals surface area contributed by atoms with Gasteiger partial charge >= 0.3 is 0 Å². The Hall–Kier alpha value is -1.64. The highest BCUT2D eigenvalue weighted by atomic mass is 19.1. The van der Waals surface area contributed by atoms with Crippen molar-refractivity contribution in [1.29, 1.82) is 0 Å². The summed E-state index contributed by atoms with van der Waals surface area (Å²) < 4.78 is 12.0. The fraction of sp³-hybridized carbons (Fsp3) is 0. The second-order valence-corrected chi connectivity index (χ2v) is 2.18. The van der Waals surface area contributed by atoms with Crippen LogP contribution in [-0.2, 0) is 4.79 Å². The lowest BCUT2D eigenvalue weighted by atomic mass is 10.1. The third kappa shape index (κ3) is 1.69. The zero-order chi connectivity index (χ0) is 8.97. The molecule has 3 heteroatoms. The van der Waals surface area contributed by atoms with Gasteiger partial charge in [0.25, 0.3) is 0 Å². The molecule has 62 valence electrons. The van der Waals surface area contributed by atoms with Crippen LogP contribution in [0.15, 0.2) is 36.7 Å². The van der Waals surface area contributed by atoms with E-state index >= 15 is 0 Å². The average Bonchev–Trinajstić information content (AvgIpc) is 2.07. The topological polar surface area (TPSA) is 40.1 Å². The van der Waals surface area contributed by atoms with Gasteiger partial charge in [-0.1, -0.05) is 30.3 Å². The predicted octanol–water partition coefficient (Wildman–Crippen LogP) is 0.747. The minimum atomic E-state index is -1.51. The van der Waals surface area contributed by atoms with E-state index in [1.54, 1.807) is 18.2 Å². The SMILES string of the molecule is O=C([O-])/C(=C\F)c1ccccc1. The standard InChI is InChI=1S/C9H7FO2/c10-6-8(9(11)12)7-4-2-1-3-5-7/h1-6H,(H,11,12)/p-1/b8-6-. The number of hydrogen-bond donors (Lipinski definition) is 0. The normalized spacial score (nSPS) is 11.2. The molecule has 0 aliphatic carbocycles. The molecule has 0 aliphatic heterocycles. The molecule has 0 heterocycles. The van der Waals surface area contributed by atoms with Crippen LogP contribution in [0.5, 0.6) is 0 Å². The van der Waals surface area contributed by atoms with Crippen molar-refractivity contribution in [3.8, 4) is 0 Å². The number of halogens is 1. The fourth-order valence-electron chi connectivity index (χ4n) is 0.843. The molecule has 0 aromatic heterocycles. The van der Waals surface area contributed by atoms with Crippen molar-refractivity contribution < 1.29 is 14.3 Å². The number of carbonyl (C=O) groups is 1. The van der Waals surface area contributed by atoms with E-state index in [-0.39, 0.29) is 6.33 Å². The maximum Gasteiger partial charge on any atom is 0.0963 e. The second kappa shape index (κ2) is 3.67. The van der Waals surface area contributed by atoms with E-state index in [1.165, 1.54) is 12.1 Å². The molecule has 0 unspecified atom stereocenters. The van der Waals surface area contributed by atoms with Crippen LogP contribution in [0, 0.1) is 0 Å². The van der Waals surface area contributed by atoms with Crippen LogP contribution in [0.3, 0.4) is 0 Å². The van der Waals surface area contributed by atoms with Crippen LogP contribution in [0.1, 0.15) is 5.56 Å².